The summed E-state index contributed by atoms with van der Waals surface area (Å²) in [4.78, 5) is 10.4. The summed E-state index contributed by atoms with van der Waals surface area (Å²) in [5.74, 6) is 0.653. The van der Waals surface area contributed by atoms with E-state index < -0.39 is 5.41 Å². The Morgan fingerprint density at radius 1 is 0.421 bits per heavy atom. The molecule has 0 radical (unpaired) electrons. The third-order valence-electron chi connectivity index (χ3n) is 12.0. The summed E-state index contributed by atoms with van der Waals surface area (Å²) in [6.45, 7) is 0. The fourth-order valence-electron chi connectivity index (χ4n) is 9.60. The highest BCUT2D eigenvalue weighted by atomic mass is 32.1. The van der Waals surface area contributed by atoms with Gasteiger partial charge in [0.2, 0.25) is 5.95 Å². The molecule has 266 valence electrons. The molecule has 0 amide bonds. The van der Waals surface area contributed by atoms with Crippen LogP contribution in [0.5, 0.6) is 0 Å². The summed E-state index contributed by atoms with van der Waals surface area (Å²) >= 11 is 1.85. The summed E-state index contributed by atoms with van der Waals surface area (Å²) in [6, 6.07) is 70.5. The van der Waals surface area contributed by atoms with Crippen molar-refractivity contribution in [3.05, 3.63) is 223 Å². The van der Waals surface area contributed by atoms with Gasteiger partial charge in [-0.1, -0.05) is 176 Å². The van der Waals surface area contributed by atoms with Gasteiger partial charge >= 0.3 is 0 Å². The van der Waals surface area contributed by atoms with Crippen LogP contribution in [0.4, 0.5) is 0 Å². The van der Waals surface area contributed by atoms with E-state index in [1.807, 2.05) is 17.5 Å². The molecule has 57 heavy (non-hydrogen) atoms. The molecule has 12 rings (SSSR count). The number of rotatable bonds is 5. The Morgan fingerprint density at radius 2 is 1.00 bits per heavy atom. The number of fused-ring (bicyclic) bond motifs is 9. The Bertz CT molecular complexity index is 3310. The standard InChI is InChI=1S/C53H33N3S/c1-3-15-34(16-4-1)37-22-13-23-42-43-24-14-25-44(51(43)57-50(37)42)47-31-32-54-52(55-47)56-48-28-12-9-21-40(48)41-30-29-36(33-49(41)56)53(35-17-5-2-6-18-35)45-26-10-7-19-38(45)39-20-8-11-27-46(39)53/h1-33H. The highest BCUT2D eigenvalue weighted by Crippen LogP contribution is 2.56. The predicted molar refractivity (Wildman–Crippen MR) is 237 cm³/mol. The van der Waals surface area contributed by atoms with Gasteiger partial charge in [0.15, 0.2) is 0 Å². The zero-order chi connectivity index (χ0) is 37.5. The van der Waals surface area contributed by atoms with Crippen LogP contribution < -0.4 is 0 Å². The van der Waals surface area contributed by atoms with Gasteiger partial charge in [0, 0.05) is 42.7 Å². The van der Waals surface area contributed by atoms with Gasteiger partial charge in [0.1, 0.15) is 0 Å². The second-order valence-electron chi connectivity index (χ2n) is 14.9. The Morgan fingerprint density at radius 3 is 1.75 bits per heavy atom. The molecular weight excluding hydrogens is 711 g/mol. The fourth-order valence-corrected chi connectivity index (χ4v) is 11.0. The minimum atomic E-state index is -0.512. The van der Waals surface area contributed by atoms with Crippen LogP contribution in [0.25, 0.3) is 81.4 Å². The lowest BCUT2D eigenvalue weighted by molar-refractivity contribution is 0.769. The Labute approximate surface area is 333 Å². The Kier molecular flexibility index (Phi) is 7.01. The van der Waals surface area contributed by atoms with Crippen molar-refractivity contribution in [2.24, 2.45) is 0 Å². The SMILES string of the molecule is c1ccc(-c2cccc3c2sc2c(-c4ccnc(-n5c6ccccc6c6ccc(C7(c8ccccc8)c8ccccc8-c8ccccc87)cc65)n4)cccc23)cc1. The maximum atomic E-state index is 5.42. The smallest absolute Gasteiger partial charge is 0.235 e. The number of thiophene rings is 1. The lowest BCUT2D eigenvalue weighted by Crippen LogP contribution is -2.28. The molecule has 1 aliphatic carbocycles. The van der Waals surface area contributed by atoms with Gasteiger partial charge in [0.25, 0.3) is 0 Å². The summed E-state index contributed by atoms with van der Waals surface area (Å²) in [5.41, 5.74) is 13.7. The average Bonchev–Trinajstić information content (AvgIpc) is 3.93. The number of para-hydroxylation sites is 1. The third-order valence-corrected chi connectivity index (χ3v) is 13.3. The highest BCUT2D eigenvalue weighted by Gasteiger charge is 2.46. The molecule has 0 fully saturated rings. The van der Waals surface area contributed by atoms with Gasteiger partial charge < -0.3 is 0 Å². The van der Waals surface area contributed by atoms with Crippen molar-refractivity contribution < 1.29 is 0 Å². The van der Waals surface area contributed by atoms with Gasteiger partial charge in [-0.25, -0.2) is 9.97 Å². The minimum Gasteiger partial charge on any atom is -0.278 e. The van der Waals surface area contributed by atoms with Gasteiger partial charge in [-0.3, -0.25) is 4.57 Å². The molecule has 3 heterocycles. The fraction of sp³-hybridized carbons (Fsp3) is 0.0189. The first-order valence-electron chi connectivity index (χ1n) is 19.4. The molecule has 0 atom stereocenters. The summed E-state index contributed by atoms with van der Waals surface area (Å²) in [5, 5.41) is 4.86. The van der Waals surface area contributed by atoms with Crippen LogP contribution in [-0.2, 0) is 5.41 Å². The minimum absolute atomic E-state index is 0.512. The topological polar surface area (TPSA) is 30.7 Å². The number of nitrogens with zero attached hydrogens (tertiary/aromatic N) is 3. The van der Waals surface area contributed by atoms with Gasteiger partial charge in [-0.05, 0) is 62.7 Å². The molecule has 0 bridgehead atoms. The molecule has 3 nitrogen and oxygen atoms in total. The van der Waals surface area contributed by atoms with Crippen LogP contribution in [-0.4, -0.2) is 14.5 Å². The quantitative estimate of drug-likeness (QED) is 0.176. The van der Waals surface area contributed by atoms with Crippen molar-refractivity contribution in [1.82, 2.24) is 14.5 Å². The van der Waals surface area contributed by atoms with Gasteiger partial charge in [-0.2, -0.15) is 0 Å². The summed E-state index contributed by atoms with van der Waals surface area (Å²) in [7, 11) is 0. The first-order valence-corrected chi connectivity index (χ1v) is 20.2. The number of hydrogen-bond acceptors (Lipinski definition) is 3. The predicted octanol–water partition coefficient (Wildman–Crippen LogP) is 13.6. The molecule has 0 spiro atoms. The molecule has 8 aromatic carbocycles. The van der Waals surface area contributed by atoms with E-state index in [1.54, 1.807) is 0 Å². The normalized spacial score (nSPS) is 13.1. The molecule has 1 aliphatic rings. The number of benzene rings is 8. The monoisotopic (exact) mass is 743 g/mol. The first kappa shape index (κ1) is 32.1. The van der Waals surface area contributed by atoms with Crippen LogP contribution in [0.2, 0.25) is 0 Å². The molecule has 0 saturated heterocycles. The summed E-state index contributed by atoms with van der Waals surface area (Å²) in [6.07, 6.45) is 1.92. The van der Waals surface area contributed by atoms with E-state index in [-0.39, 0.29) is 0 Å². The molecule has 0 N–H and O–H groups in total. The van der Waals surface area contributed by atoms with Crippen LogP contribution in [0.15, 0.2) is 200 Å². The van der Waals surface area contributed by atoms with E-state index in [1.165, 1.54) is 75.5 Å². The first-order chi connectivity index (χ1) is 28.3. The van der Waals surface area contributed by atoms with Crippen molar-refractivity contribution in [2.75, 3.05) is 0 Å². The Balaban J connectivity index is 1.09. The molecular formula is C53H33N3S. The lowest BCUT2D eigenvalue weighted by Gasteiger charge is -2.34. The second kappa shape index (κ2) is 12.4. The van der Waals surface area contributed by atoms with E-state index in [0.29, 0.717) is 5.95 Å². The van der Waals surface area contributed by atoms with Crippen molar-refractivity contribution in [2.45, 2.75) is 5.41 Å². The molecule has 0 unspecified atom stereocenters. The van der Waals surface area contributed by atoms with E-state index in [4.69, 9.17) is 9.97 Å². The molecule has 0 saturated carbocycles. The third kappa shape index (κ3) is 4.59. The second-order valence-corrected chi connectivity index (χ2v) is 15.9. The molecule has 4 heteroatoms. The van der Waals surface area contributed by atoms with E-state index in [2.05, 4.69) is 199 Å². The zero-order valence-electron chi connectivity index (χ0n) is 30.8. The summed E-state index contributed by atoms with van der Waals surface area (Å²) < 4.78 is 4.79. The van der Waals surface area contributed by atoms with E-state index in [9.17, 15) is 0 Å². The van der Waals surface area contributed by atoms with Crippen LogP contribution in [0, 0.1) is 0 Å². The van der Waals surface area contributed by atoms with Crippen LogP contribution in [0.1, 0.15) is 22.3 Å². The van der Waals surface area contributed by atoms with Crippen LogP contribution >= 0.6 is 11.3 Å². The van der Waals surface area contributed by atoms with Gasteiger partial charge in [0.05, 0.1) is 22.1 Å². The maximum absolute atomic E-state index is 5.42. The number of hydrogen-bond donors (Lipinski definition) is 0. The zero-order valence-corrected chi connectivity index (χ0v) is 31.6. The van der Waals surface area contributed by atoms with Crippen LogP contribution in [0.3, 0.4) is 0 Å². The maximum Gasteiger partial charge on any atom is 0.235 e. The molecule has 11 aromatic rings. The van der Waals surface area contributed by atoms with Crippen molar-refractivity contribution >= 4 is 53.3 Å². The highest BCUT2D eigenvalue weighted by molar-refractivity contribution is 7.26. The number of aromatic nitrogens is 3. The largest absolute Gasteiger partial charge is 0.278 e. The van der Waals surface area contributed by atoms with Gasteiger partial charge in [-0.15, -0.1) is 11.3 Å². The van der Waals surface area contributed by atoms with E-state index >= 15 is 0 Å². The Hall–Kier alpha value is -7.14. The van der Waals surface area contributed by atoms with E-state index in [0.717, 1.165) is 22.3 Å². The lowest BCUT2D eigenvalue weighted by atomic mass is 9.67. The molecule has 0 aliphatic heterocycles. The molecule has 3 aromatic heterocycles. The average molecular weight is 744 g/mol. The van der Waals surface area contributed by atoms with Crippen molar-refractivity contribution in [3.63, 3.8) is 0 Å². The van der Waals surface area contributed by atoms with Crippen molar-refractivity contribution in [3.8, 4) is 39.5 Å². The van der Waals surface area contributed by atoms with Crippen molar-refractivity contribution in [1.29, 1.82) is 0 Å².